The van der Waals surface area contributed by atoms with Crippen molar-refractivity contribution >= 4 is 29.2 Å². The number of carbonyl (C=O) groups is 1. The molecule has 0 radical (unpaired) electrons. The molecule has 1 heterocycles. The number of benzene rings is 2. The van der Waals surface area contributed by atoms with Gasteiger partial charge in [-0.2, -0.15) is 0 Å². The van der Waals surface area contributed by atoms with Crippen LogP contribution < -0.4 is 10.4 Å². The molecule has 0 saturated carbocycles. The lowest BCUT2D eigenvalue weighted by molar-refractivity contribution is -0.136. The van der Waals surface area contributed by atoms with Crippen LogP contribution in [0.3, 0.4) is 0 Å². The van der Waals surface area contributed by atoms with E-state index in [4.69, 9.17) is 5.11 Å². The maximum Gasteiger partial charge on any atom is 0.307 e. The second kappa shape index (κ2) is 4.94. The summed E-state index contributed by atoms with van der Waals surface area (Å²) < 4.78 is 0. The smallest absolute Gasteiger partial charge is 0.307 e. The summed E-state index contributed by atoms with van der Waals surface area (Å²) in [6.07, 6.45) is 2.14. The Morgan fingerprint density at radius 3 is 2.63 bits per heavy atom. The molecular formula is C16H12O2S. The van der Waals surface area contributed by atoms with Crippen molar-refractivity contribution in [1.29, 1.82) is 0 Å². The van der Waals surface area contributed by atoms with Crippen LogP contribution in [-0.4, -0.2) is 11.1 Å². The maximum absolute atomic E-state index is 11.0. The molecule has 1 aliphatic rings. The molecule has 1 N–H and O–H groups in total. The molecule has 0 amide bonds. The lowest BCUT2D eigenvalue weighted by Gasteiger charge is -2.07. The Kier molecular flexibility index (Phi) is 3.13. The molecule has 3 heteroatoms. The van der Waals surface area contributed by atoms with Gasteiger partial charge in [0.05, 0.1) is 6.42 Å². The summed E-state index contributed by atoms with van der Waals surface area (Å²) in [6, 6.07) is 14.0. The number of carboxylic acids is 1. The molecule has 0 aliphatic carbocycles. The van der Waals surface area contributed by atoms with Crippen LogP contribution in [0.25, 0.3) is 11.5 Å². The third-order valence-corrected chi connectivity index (χ3v) is 4.09. The number of rotatable bonds is 2. The minimum Gasteiger partial charge on any atom is -0.481 e. The van der Waals surface area contributed by atoms with E-state index in [0.717, 1.165) is 21.2 Å². The Hall–Kier alpha value is -2.00. The molecule has 0 spiro atoms. The molecule has 0 aromatic heterocycles. The fourth-order valence-corrected chi connectivity index (χ4v) is 3.15. The van der Waals surface area contributed by atoms with Crippen molar-refractivity contribution in [2.24, 2.45) is 0 Å². The van der Waals surface area contributed by atoms with Gasteiger partial charge in [0.2, 0.25) is 0 Å². The van der Waals surface area contributed by atoms with Gasteiger partial charge in [0.1, 0.15) is 0 Å². The third kappa shape index (κ3) is 2.42. The Morgan fingerprint density at radius 2 is 1.84 bits per heavy atom. The normalized spacial score (nSPS) is 12.4. The van der Waals surface area contributed by atoms with Gasteiger partial charge < -0.3 is 5.11 Å². The van der Waals surface area contributed by atoms with Crippen LogP contribution in [0, 0.1) is 0 Å². The third-order valence-electron chi connectivity index (χ3n) is 3.11. The molecule has 2 aromatic rings. The first kappa shape index (κ1) is 12.1. The van der Waals surface area contributed by atoms with Crippen molar-refractivity contribution in [1.82, 2.24) is 0 Å². The average molecular weight is 268 g/mol. The van der Waals surface area contributed by atoms with Crippen LogP contribution >= 0.6 is 11.8 Å². The van der Waals surface area contributed by atoms with E-state index in [-0.39, 0.29) is 6.42 Å². The minimum atomic E-state index is -0.798. The van der Waals surface area contributed by atoms with E-state index >= 15 is 0 Å². The van der Waals surface area contributed by atoms with E-state index in [1.807, 2.05) is 30.3 Å². The molecule has 19 heavy (non-hydrogen) atoms. The van der Waals surface area contributed by atoms with Crippen LogP contribution in [0.4, 0.5) is 0 Å². The van der Waals surface area contributed by atoms with Gasteiger partial charge in [0, 0.05) is 4.90 Å². The molecule has 3 rings (SSSR count). The molecule has 94 valence electrons. The Labute approximate surface area is 115 Å². The number of aliphatic carboxylic acids is 1. The van der Waals surface area contributed by atoms with Gasteiger partial charge in [-0.3, -0.25) is 4.79 Å². The summed E-state index contributed by atoms with van der Waals surface area (Å²) in [7, 11) is 0. The van der Waals surface area contributed by atoms with Gasteiger partial charge >= 0.3 is 5.97 Å². The van der Waals surface area contributed by atoms with E-state index in [2.05, 4.69) is 23.6 Å². The largest absolute Gasteiger partial charge is 0.481 e. The molecule has 2 aromatic carbocycles. The first-order valence-corrected chi connectivity index (χ1v) is 6.89. The van der Waals surface area contributed by atoms with Crippen LogP contribution in [0.2, 0.25) is 0 Å². The number of carboxylic acid groups (broad SMARTS) is 1. The maximum atomic E-state index is 11.0. The van der Waals surface area contributed by atoms with Gasteiger partial charge in [-0.05, 0) is 39.1 Å². The molecular weight excluding hydrogens is 256 g/mol. The monoisotopic (exact) mass is 268 g/mol. The number of hydrogen-bond donors (Lipinski definition) is 1. The SMILES string of the molecule is O=C(O)Cc1cccc2c1C=c1ccccc1=CS2. The van der Waals surface area contributed by atoms with Crippen LogP contribution in [0.1, 0.15) is 11.1 Å². The lowest BCUT2D eigenvalue weighted by atomic mass is 10.0. The highest BCUT2D eigenvalue weighted by Gasteiger charge is 2.10. The molecule has 0 bridgehead atoms. The van der Waals surface area contributed by atoms with E-state index < -0.39 is 5.97 Å². The highest BCUT2D eigenvalue weighted by Crippen LogP contribution is 2.28. The van der Waals surface area contributed by atoms with Gasteiger partial charge in [0.25, 0.3) is 0 Å². The summed E-state index contributed by atoms with van der Waals surface area (Å²) in [5.41, 5.74) is 1.89. The molecule has 0 atom stereocenters. The standard InChI is InChI=1S/C16H12O2S/c17-16(18)9-12-6-3-7-15-14(12)8-11-4-1-2-5-13(11)10-19-15/h1-8,10H,9H2,(H,17,18). The van der Waals surface area contributed by atoms with Gasteiger partial charge in [-0.25, -0.2) is 0 Å². The van der Waals surface area contributed by atoms with Crippen molar-refractivity contribution in [3.05, 3.63) is 64.0 Å². The van der Waals surface area contributed by atoms with Crippen LogP contribution in [-0.2, 0) is 11.2 Å². The second-order valence-electron chi connectivity index (χ2n) is 4.41. The van der Waals surface area contributed by atoms with Gasteiger partial charge in [-0.1, -0.05) is 48.2 Å². The predicted molar refractivity (Wildman–Crippen MR) is 77.4 cm³/mol. The zero-order valence-corrected chi connectivity index (χ0v) is 11.0. The minimum absolute atomic E-state index is 0.0579. The summed E-state index contributed by atoms with van der Waals surface area (Å²) in [4.78, 5) is 12.1. The molecule has 0 saturated heterocycles. The summed E-state index contributed by atoms with van der Waals surface area (Å²) >= 11 is 1.64. The van der Waals surface area contributed by atoms with E-state index in [9.17, 15) is 4.79 Å². The van der Waals surface area contributed by atoms with Crippen LogP contribution in [0.5, 0.6) is 0 Å². The average Bonchev–Trinajstić information content (AvgIpc) is 2.58. The lowest BCUT2D eigenvalue weighted by Crippen LogP contribution is -2.22. The van der Waals surface area contributed by atoms with Crippen molar-refractivity contribution in [2.45, 2.75) is 11.3 Å². The highest BCUT2D eigenvalue weighted by atomic mass is 32.2. The quantitative estimate of drug-likeness (QED) is 0.905. The molecule has 0 fully saturated rings. The fraction of sp³-hybridized carbons (Fsp3) is 0.0625. The second-order valence-corrected chi connectivity index (χ2v) is 5.32. The van der Waals surface area contributed by atoms with E-state index in [1.165, 1.54) is 5.22 Å². The van der Waals surface area contributed by atoms with Crippen molar-refractivity contribution in [2.75, 3.05) is 0 Å². The number of thioether (sulfide) groups is 1. The topological polar surface area (TPSA) is 37.3 Å². The Balaban J connectivity index is 2.24. The number of hydrogen-bond acceptors (Lipinski definition) is 2. The van der Waals surface area contributed by atoms with Gasteiger partial charge in [-0.15, -0.1) is 0 Å². The van der Waals surface area contributed by atoms with Crippen molar-refractivity contribution in [3.8, 4) is 0 Å². The fourth-order valence-electron chi connectivity index (χ4n) is 2.21. The predicted octanol–water partition coefficient (Wildman–Crippen LogP) is 1.99. The Bertz CT molecular complexity index is 763. The molecule has 1 aliphatic heterocycles. The summed E-state index contributed by atoms with van der Waals surface area (Å²) in [5.74, 6) is -0.798. The number of fused-ring (bicyclic) bond motifs is 2. The zero-order valence-electron chi connectivity index (χ0n) is 10.2. The van der Waals surface area contributed by atoms with Crippen molar-refractivity contribution in [3.63, 3.8) is 0 Å². The van der Waals surface area contributed by atoms with Crippen molar-refractivity contribution < 1.29 is 9.90 Å². The molecule has 0 unspecified atom stereocenters. The van der Waals surface area contributed by atoms with E-state index in [1.54, 1.807) is 11.8 Å². The first-order chi connectivity index (χ1) is 9.24. The Morgan fingerprint density at radius 1 is 1.05 bits per heavy atom. The zero-order chi connectivity index (χ0) is 13.2. The van der Waals surface area contributed by atoms with Crippen LogP contribution in [0.15, 0.2) is 47.4 Å². The van der Waals surface area contributed by atoms with Gasteiger partial charge in [0.15, 0.2) is 0 Å². The summed E-state index contributed by atoms with van der Waals surface area (Å²) in [5, 5.41) is 13.4. The highest BCUT2D eigenvalue weighted by molar-refractivity contribution is 8.06. The summed E-state index contributed by atoms with van der Waals surface area (Å²) in [6.45, 7) is 0. The first-order valence-electron chi connectivity index (χ1n) is 6.01. The van der Waals surface area contributed by atoms with E-state index in [0.29, 0.717) is 0 Å². The molecule has 2 nitrogen and oxygen atoms in total.